The molecule has 0 radical (unpaired) electrons. The molecular formula is C11H13ClO3S. The Kier molecular flexibility index (Phi) is 2.88. The quantitative estimate of drug-likeness (QED) is 0.781. The van der Waals surface area contributed by atoms with Crippen molar-refractivity contribution in [2.24, 2.45) is 0 Å². The monoisotopic (exact) mass is 260 g/mol. The largest absolute Gasteiger partial charge is 0.497 e. The molecule has 1 aliphatic rings. The van der Waals surface area contributed by atoms with Crippen LogP contribution in [0.5, 0.6) is 5.75 Å². The first-order chi connectivity index (χ1) is 7.47. The fourth-order valence-corrected chi connectivity index (χ4v) is 3.32. The summed E-state index contributed by atoms with van der Waals surface area (Å²) in [5.41, 5.74) is 0.975. The van der Waals surface area contributed by atoms with Gasteiger partial charge in [0.05, 0.1) is 11.9 Å². The van der Waals surface area contributed by atoms with Gasteiger partial charge in [-0.15, -0.1) is 0 Å². The zero-order valence-corrected chi connectivity index (χ0v) is 10.5. The van der Waals surface area contributed by atoms with E-state index >= 15 is 0 Å². The summed E-state index contributed by atoms with van der Waals surface area (Å²) in [6.07, 6.45) is 1.80. The number of methoxy groups -OCH3 is 1. The number of halogens is 1. The summed E-state index contributed by atoms with van der Waals surface area (Å²) >= 11 is 0. The van der Waals surface area contributed by atoms with Gasteiger partial charge in [0.1, 0.15) is 5.75 Å². The first-order valence-corrected chi connectivity index (χ1v) is 7.35. The van der Waals surface area contributed by atoms with E-state index in [1.807, 2.05) is 24.3 Å². The van der Waals surface area contributed by atoms with Gasteiger partial charge in [0.2, 0.25) is 9.05 Å². The lowest BCUT2D eigenvalue weighted by Crippen LogP contribution is -2.20. The average molecular weight is 261 g/mol. The van der Waals surface area contributed by atoms with E-state index in [2.05, 4.69) is 0 Å². The molecule has 0 N–H and O–H groups in total. The van der Waals surface area contributed by atoms with Gasteiger partial charge in [0, 0.05) is 10.7 Å². The maximum absolute atomic E-state index is 11.4. The Bertz CT molecular complexity index is 474. The van der Waals surface area contributed by atoms with Crippen molar-refractivity contribution in [3.05, 3.63) is 29.8 Å². The van der Waals surface area contributed by atoms with Gasteiger partial charge in [-0.1, -0.05) is 12.1 Å². The van der Waals surface area contributed by atoms with E-state index in [0.717, 1.165) is 11.3 Å². The van der Waals surface area contributed by atoms with E-state index in [1.54, 1.807) is 7.11 Å². The maximum atomic E-state index is 11.4. The molecule has 0 atom stereocenters. The van der Waals surface area contributed by atoms with E-state index in [0.29, 0.717) is 19.3 Å². The van der Waals surface area contributed by atoms with Gasteiger partial charge < -0.3 is 4.74 Å². The van der Waals surface area contributed by atoms with Gasteiger partial charge in [0.25, 0.3) is 0 Å². The van der Waals surface area contributed by atoms with Crippen molar-refractivity contribution >= 4 is 19.7 Å². The summed E-state index contributed by atoms with van der Waals surface area (Å²) in [7, 11) is 3.58. The molecule has 1 aliphatic carbocycles. The Labute approximate surface area is 99.8 Å². The Morgan fingerprint density at radius 3 is 2.25 bits per heavy atom. The molecule has 1 saturated carbocycles. The predicted molar refractivity (Wildman–Crippen MR) is 63.4 cm³/mol. The Balaban J connectivity index is 2.16. The van der Waals surface area contributed by atoms with Gasteiger partial charge in [-0.25, -0.2) is 8.42 Å². The second kappa shape index (κ2) is 3.93. The number of rotatable bonds is 4. The SMILES string of the molecule is COc1ccc(CC2(S(=O)(=O)Cl)CC2)cc1. The van der Waals surface area contributed by atoms with Crippen LogP contribution in [0.1, 0.15) is 18.4 Å². The molecule has 1 aromatic rings. The molecule has 0 unspecified atom stereocenters. The first-order valence-electron chi connectivity index (χ1n) is 5.04. The summed E-state index contributed by atoms with van der Waals surface area (Å²) in [6, 6.07) is 7.40. The van der Waals surface area contributed by atoms with E-state index in [1.165, 1.54) is 0 Å². The zero-order chi connectivity index (χ0) is 11.8. The Morgan fingerprint density at radius 1 is 1.31 bits per heavy atom. The lowest BCUT2D eigenvalue weighted by atomic mass is 10.1. The third-order valence-corrected chi connectivity index (χ3v) is 5.58. The highest BCUT2D eigenvalue weighted by Gasteiger charge is 2.53. The molecule has 0 saturated heterocycles. The molecule has 0 heterocycles. The van der Waals surface area contributed by atoms with Crippen LogP contribution in [0, 0.1) is 0 Å². The van der Waals surface area contributed by atoms with E-state index in [-0.39, 0.29) is 0 Å². The van der Waals surface area contributed by atoms with Crippen molar-refractivity contribution < 1.29 is 13.2 Å². The minimum Gasteiger partial charge on any atom is -0.497 e. The summed E-state index contributed by atoms with van der Waals surface area (Å²) in [5, 5.41) is 0. The van der Waals surface area contributed by atoms with E-state index < -0.39 is 13.8 Å². The summed E-state index contributed by atoms with van der Waals surface area (Å²) in [4.78, 5) is 0. The van der Waals surface area contributed by atoms with Crippen LogP contribution in [0.3, 0.4) is 0 Å². The second-order valence-corrected chi connectivity index (χ2v) is 7.11. The van der Waals surface area contributed by atoms with Crippen molar-refractivity contribution in [1.82, 2.24) is 0 Å². The van der Waals surface area contributed by atoms with Crippen LogP contribution in [0.4, 0.5) is 0 Å². The maximum Gasteiger partial charge on any atom is 0.238 e. The van der Waals surface area contributed by atoms with Crippen LogP contribution in [0.2, 0.25) is 0 Å². The zero-order valence-electron chi connectivity index (χ0n) is 8.94. The molecule has 1 aromatic carbocycles. The number of hydrogen-bond donors (Lipinski definition) is 0. The summed E-state index contributed by atoms with van der Waals surface area (Å²) in [6.45, 7) is 0. The normalized spacial score (nSPS) is 18.1. The molecule has 16 heavy (non-hydrogen) atoms. The second-order valence-electron chi connectivity index (χ2n) is 4.15. The van der Waals surface area contributed by atoms with Gasteiger partial charge in [0.15, 0.2) is 0 Å². The van der Waals surface area contributed by atoms with Crippen LogP contribution in [-0.4, -0.2) is 20.3 Å². The van der Waals surface area contributed by atoms with Crippen molar-refractivity contribution in [1.29, 1.82) is 0 Å². The van der Waals surface area contributed by atoms with Crippen LogP contribution in [0.15, 0.2) is 24.3 Å². The Morgan fingerprint density at radius 2 is 1.88 bits per heavy atom. The van der Waals surface area contributed by atoms with Crippen molar-refractivity contribution in [2.75, 3.05) is 7.11 Å². The van der Waals surface area contributed by atoms with Crippen LogP contribution in [0.25, 0.3) is 0 Å². The van der Waals surface area contributed by atoms with Crippen LogP contribution in [-0.2, 0) is 15.5 Å². The van der Waals surface area contributed by atoms with Crippen molar-refractivity contribution in [3.8, 4) is 5.75 Å². The molecule has 0 aromatic heterocycles. The molecule has 0 bridgehead atoms. The predicted octanol–water partition coefficient (Wildman–Crippen LogP) is 2.34. The third-order valence-electron chi connectivity index (χ3n) is 3.01. The van der Waals surface area contributed by atoms with E-state index in [4.69, 9.17) is 15.4 Å². The highest BCUT2D eigenvalue weighted by molar-refractivity contribution is 8.15. The Hall–Kier alpha value is -0.740. The number of hydrogen-bond acceptors (Lipinski definition) is 3. The average Bonchev–Trinajstić information content (AvgIpc) is 2.99. The molecule has 2 rings (SSSR count). The standard InChI is InChI=1S/C11H13ClO3S/c1-15-10-4-2-9(3-5-10)8-11(6-7-11)16(12,13)14/h2-5H,6-8H2,1H3. The number of ether oxygens (including phenoxy) is 1. The molecule has 0 aliphatic heterocycles. The molecule has 3 nitrogen and oxygen atoms in total. The van der Waals surface area contributed by atoms with Crippen molar-refractivity contribution in [2.45, 2.75) is 24.0 Å². The number of benzene rings is 1. The lowest BCUT2D eigenvalue weighted by Gasteiger charge is -2.11. The molecular weight excluding hydrogens is 248 g/mol. The van der Waals surface area contributed by atoms with Gasteiger partial charge in [-0.2, -0.15) is 0 Å². The molecule has 0 amide bonds. The summed E-state index contributed by atoms with van der Waals surface area (Å²) in [5.74, 6) is 0.766. The highest BCUT2D eigenvalue weighted by Crippen LogP contribution is 2.48. The lowest BCUT2D eigenvalue weighted by molar-refractivity contribution is 0.414. The van der Waals surface area contributed by atoms with Crippen molar-refractivity contribution in [3.63, 3.8) is 0 Å². The smallest absolute Gasteiger partial charge is 0.238 e. The third kappa shape index (κ3) is 2.18. The molecule has 88 valence electrons. The topological polar surface area (TPSA) is 43.4 Å². The fraction of sp³-hybridized carbons (Fsp3) is 0.455. The minimum absolute atomic E-state index is 0.489. The first kappa shape index (κ1) is 11.7. The van der Waals surface area contributed by atoms with E-state index in [9.17, 15) is 8.42 Å². The van der Waals surface area contributed by atoms with Gasteiger partial charge >= 0.3 is 0 Å². The van der Waals surface area contributed by atoms with Gasteiger partial charge in [-0.05, 0) is 37.0 Å². The minimum atomic E-state index is -3.46. The molecule has 5 heteroatoms. The molecule has 1 fully saturated rings. The highest BCUT2D eigenvalue weighted by atomic mass is 35.7. The van der Waals surface area contributed by atoms with Crippen LogP contribution < -0.4 is 4.74 Å². The fourth-order valence-electron chi connectivity index (χ4n) is 1.76. The summed E-state index contributed by atoms with van der Waals surface area (Å²) < 4.78 is 27.1. The van der Waals surface area contributed by atoms with Gasteiger partial charge in [-0.3, -0.25) is 0 Å². The molecule has 0 spiro atoms. The van der Waals surface area contributed by atoms with Crippen LogP contribution >= 0.6 is 10.7 Å².